The summed E-state index contributed by atoms with van der Waals surface area (Å²) in [5.41, 5.74) is -0.346. The molecule has 5 nitrogen and oxygen atoms in total. The van der Waals surface area contributed by atoms with Crippen LogP contribution in [-0.4, -0.2) is 23.2 Å². The van der Waals surface area contributed by atoms with E-state index in [1.165, 1.54) is 13.2 Å². The maximum Gasteiger partial charge on any atom is 0.349 e. The van der Waals surface area contributed by atoms with Crippen LogP contribution < -0.4 is 9.47 Å². The largest absolute Gasteiger partial charge is 0.480 e. The van der Waals surface area contributed by atoms with Gasteiger partial charge in [0.2, 0.25) is 40.7 Å². The lowest BCUT2D eigenvalue weighted by Gasteiger charge is -2.37. The SMILES string of the molecule is COc1nc2cc(C3(O)CCC3)ccc2cc1C(=O)Oc1c(F)c(F)c(F)c(F)c1F. The number of benzene rings is 2. The van der Waals surface area contributed by atoms with Gasteiger partial charge in [-0.15, -0.1) is 0 Å². The molecule has 2 aromatic carbocycles. The zero-order valence-corrected chi connectivity index (χ0v) is 15.9. The molecule has 1 aromatic heterocycles. The Hall–Kier alpha value is -3.27. The van der Waals surface area contributed by atoms with Crippen LogP contribution >= 0.6 is 0 Å². The second kappa shape index (κ2) is 7.45. The standard InChI is InChI=1S/C21H14F5NO4/c1-30-19-11(20(28)31-18-16(25)14(23)13(22)15(24)17(18)26)7-9-3-4-10(8-12(9)27-19)21(29)5-2-6-21/h3-4,7-8,29H,2,5-6H2,1H3. The van der Waals surface area contributed by atoms with Gasteiger partial charge in [-0.25, -0.2) is 22.9 Å². The Bertz CT molecular complexity index is 1200. The van der Waals surface area contributed by atoms with Crippen LogP contribution in [0.5, 0.6) is 11.6 Å². The number of esters is 1. The number of ether oxygens (including phenoxy) is 2. The van der Waals surface area contributed by atoms with Crippen molar-refractivity contribution in [3.63, 3.8) is 0 Å². The van der Waals surface area contributed by atoms with Gasteiger partial charge in [0, 0.05) is 5.39 Å². The number of carbonyl (C=O) groups is 1. The molecule has 0 bridgehead atoms. The number of carbonyl (C=O) groups excluding carboxylic acids is 1. The molecular weight excluding hydrogens is 425 g/mol. The van der Waals surface area contributed by atoms with E-state index in [0.29, 0.717) is 29.3 Å². The number of nitrogens with zero attached hydrogens (tertiary/aromatic N) is 1. The summed E-state index contributed by atoms with van der Waals surface area (Å²) >= 11 is 0. The molecule has 0 unspecified atom stereocenters. The predicted octanol–water partition coefficient (Wildman–Crippen LogP) is 4.53. The molecule has 0 spiro atoms. The number of fused-ring (bicyclic) bond motifs is 1. The van der Waals surface area contributed by atoms with E-state index < -0.39 is 52.0 Å². The van der Waals surface area contributed by atoms with Crippen molar-refractivity contribution in [2.75, 3.05) is 7.11 Å². The van der Waals surface area contributed by atoms with E-state index >= 15 is 0 Å². The minimum atomic E-state index is -2.37. The summed E-state index contributed by atoms with van der Waals surface area (Å²) in [5, 5.41) is 10.9. The van der Waals surface area contributed by atoms with Crippen LogP contribution in [0, 0.1) is 29.1 Å². The molecule has 1 fully saturated rings. The van der Waals surface area contributed by atoms with Gasteiger partial charge in [-0.1, -0.05) is 12.1 Å². The van der Waals surface area contributed by atoms with Crippen LogP contribution in [0.2, 0.25) is 0 Å². The molecule has 0 radical (unpaired) electrons. The summed E-state index contributed by atoms with van der Waals surface area (Å²) in [7, 11) is 1.17. The smallest absolute Gasteiger partial charge is 0.349 e. The Morgan fingerprint density at radius 1 is 1.00 bits per heavy atom. The van der Waals surface area contributed by atoms with Gasteiger partial charge >= 0.3 is 5.97 Å². The number of hydrogen-bond donors (Lipinski definition) is 1. The Kier molecular flexibility index (Phi) is 5.04. The first kappa shape index (κ1) is 21.0. The molecule has 0 atom stereocenters. The summed E-state index contributed by atoms with van der Waals surface area (Å²) in [6, 6.07) is 6.08. The molecule has 1 N–H and O–H groups in total. The van der Waals surface area contributed by atoms with Gasteiger partial charge in [0.25, 0.3) is 0 Å². The van der Waals surface area contributed by atoms with Crippen molar-refractivity contribution in [3.8, 4) is 11.6 Å². The summed E-state index contributed by atoms with van der Waals surface area (Å²) in [6.07, 6.45) is 2.08. The van der Waals surface area contributed by atoms with E-state index in [0.717, 1.165) is 6.42 Å². The molecule has 4 rings (SSSR count). The highest BCUT2D eigenvalue weighted by atomic mass is 19.2. The molecule has 1 aliphatic rings. The van der Waals surface area contributed by atoms with Gasteiger partial charge in [0.15, 0.2) is 0 Å². The third-order valence-electron chi connectivity index (χ3n) is 5.28. The van der Waals surface area contributed by atoms with Crippen molar-refractivity contribution < 1.29 is 41.3 Å². The lowest BCUT2D eigenvalue weighted by molar-refractivity contribution is -0.0387. The average molecular weight is 439 g/mol. The third-order valence-corrected chi connectivity index (χ3v) is 5.28. The highest BCUT2D eigenvalue weighted by Gasteiger charge is 2.36. The van der Waals surface area contributed by atoms with E-state index in [4.69, 9.17) is 4.74 Å². The molecule has 31 heavy (non-hydrogen) atoms. The molecule has 0 saturated heterocycles. The van der Waals surface area contributed by atoms with Gasteiger partial charge in [0.05, 0.1) is 18.2 Å². The minimum absolute atomic E-state index is 0.292. The number of pyridine rings is 1. The van der Waals surface area contributed by atoms with Crippen LogP contribution in [0.4, 0.5) is 22.0 Å². The predicted molar refractivity (Wildman–Crippen MR) is 97.2 cm³/mol. The van der Waals surface area contributed by atoms with E-state index in [9.17, 15) is 31.9 Å². The molecule has 1 saturated carbocycles. The third kappa shape index (κ3) is 3.36. The zero-order valence-electron chi connectivity index (χ0n) is 15.9. The number of aromatic nitrogens is 1. The van der Waals surface area contributed by atoms with E-state index in [-0.39, 0.29) is 5.88 Å². The Labute approximate surface area is 172 Å². The number of halogens is 5. The van der Waals surface area contributed by atoms with E-state index in [1.807, 2.05) is 0 Å². The number of aliphatic hydroxyl groups is 1. The molecule has 1 aliphatic carbocycles. The first-order valence-corrected chi connectivity index (χ1v) is 9.11. The van der Waals surface area contributed by atoms with E-state index in [1.54, 1.807) is 18.2 Å². The van der Waals surface area contributed by atoms with Crippen LogP contribution in [0.25, 0.3) is 10.9 Å². The lowest BCUT2D eigenvalue weighted by atomic mass is 9.75. The summed E-state index contributed by atoms with van der Waals surface area (Å²) in [4.78, 5) is 16.6. The van der Waals surface area contributed by atoms with Gasteiger partial charge in [-0.05, 0) is 37.0 Å². The minimum Gasteiger partial charge on any atom is -0.480 e. The Balaban J connectivity index is 1.74. The first-order valence-electron chi connectivity index (χ1n) is 9.11. The fourth-order valence-corrected chi connectivity index (χ4v) is 3.36. The van der Waals surface area contributed by atoms with Crippen molar-refractivity contribution in [1.29, 1.82) is 0 Å². The average Bonchev–Trinajstić information content (AvgIpc) is 2.76. The number of methoxy groups -OCH3 is 1. The monoisotopic (exact) mass is 439 g/mol. The highest BCUT2D eigenvalue weighted by molar-refractivity contribution is 5.97. The maximum absolute atomic E-state index is 13.8. The fraction of sp³-hybridized carbons (Fsp3) is 0.238. The quantitative estimate of drug-likeness (QED) is 0.213. The van der Waals surface area contributed by atoms with Crippen molar-refractivity contribution in [3.05, 3.63) is 64.5 Å². The molecule has 162 valence electrons. The lowest BCUT2D eigenvalue weighted by Crippen LogP contribution is -2.33. The maximum atomic E-state index is 13.8. The fourth-order valence-electron chi connectivity index (χ4n) is 3.36. The van der Waals surface area contributed by atoms with Crippen molar-refractivity contribution in [2.24, 2.45) is 0 Å². The summed E-state index contributed by atoms with van der Waals surface area (Å²) in [5.74, 6) is -14.9. The second-order valence-corrected chi connectivity index (χ2v) is 7.13. The van der Waals surface area contributed by atoms with Gasteiger partial charge in [-0.3, -0.25) is 0 Å². The molecule has 0 amide bonds. The van der Waals surface area contributed by atoms with Crippen LogP contribution in [0.3, 0.4) is 0 Å². The first-order chi connectivity index (χ1) is 14.7. The molecule has 1 heterocycles. The van der Waals surface area contributed by atoms with Crippen LogP contribution in [0.15, 0.2) is 24.3 Å². The molecule has 10 heteroatoms. The molecule has 3 aromatic rings. The number of hydrogen-bond acceptors (Lipinski definition) is 5. The summed E-state index contributed by atoms with van der Waals surface area (Å²) < 4.78 is 77.1. The molecular formula is C21H14F5NO4. The van der Waals surface area contributed by atoms with Gasteiger partial charge in [-0.2, -0.15) is 8.78 Å². The topological polar surface area (TPSA) is 68.7 Å². The van der Waals surface area contributed by atoms with Crippen LogP contribution in [0.1, 0.15) is 35.2 Å². The Morgan fingerprint density at radius 2 is 1.61 bits per heavy atom. The second-order valence-electron chi connectivity index (χ2n) is 7.13. The van der Waals surface area contributed by atoms with Crippen molar-refractivity contribution >= 4 is 16.9 Å². The van der Waals surface area contributed by atoms with Gasteiger partial charge in [0.1, 0.15) is 5.56 Å². The van der Waals surface area contributed by atoms with Crippen molar-refractivity contribution in [2.45, 2.75) is 24.9 Å². The summed E-state index contributed by atoms with van der Waals surface area (Å²) in [6.45, 7) is 0. The van der Waals surface area contributed by atoms with E-state index in [2.05, 4.69) is 9.72 Å². The van der Waals surface area contributed by atoms with Crippen LogP contribution in [-0.2, 0) is 5.60 Å². The van der Waals surface area contributed by atoms with Gasteiger partial charge < -0.3 is 14.6 Å². The Morgan fingerprint density at radius 3 is 2.16 bits per heavy atom. The normalized spacial score (nSPS) is 14.9. The zero-order chi connectivity index (χ0) is 22.5. The van der Waals surface area contributed by atoms with Crippen molar-refractivity contribution in [1.82, 2.24) is 4.98 Å². The molecule has 0 aliphatic heterocycles. The highest BCUT2D eigenvalue weighted by Crippen LogP contribution is 2.42. The number of rotatable bonds is 4.